The molecule has 0 saturated heterocycles. The molecule has 0 aliphatic carbocycles. The molecule has 0 radical (unpaired) electrons. The second-order valence-corrected chi connectivity index (χ2v) is 6.28. The number of hydrogen-bond donors (Lipinski definition) is 1. The summed E-state index contributed by atoms with van der Waals surface area (Å²) in [4.78, 5) is 12.7. The van der Waals surface area contributed by atoms with Crippen LogP contribution in [0.15, 0.2) is 72.8 Å². The van der Waals surface area contributed by atoms with Crippen LogP contribution < -0.4 is 14.8 Å². The van der Waals surface area contributed by atoms with E-state index < -0.39 is 6.61 Å². The topological polar surface area (TPSA) is 47.6 Å². The molecule has 0 atom stereocenters. The highest BCUT2D eigenvalue weighted by atomic mass is 19.3. The van der Waals surface area contributed by atoms with Crippen LogP contribution in [0.5, 0.6) is 11.5 Å². The zero-order chi connectivity index (χ0) is 20.6. The van der Waals surface area contributed by atoms with Gasteiger partial charge in [-0.05, 0) is 41.3 Å². The lowest BCUT2D eigenvalue weighted by molar-refractivity contribution is -0.0512. The second kappa shape index (κ2) is 9.68. The van der Waals surface area contributed by atoms with Gasteiger partial charge in [-0.1, -0.05) is 54.6 Å². The summed E-state index contributed by atoms with van der Waals surface area (Å²) in [6.45, 7) is -2.59. The van der Waals surface area contributed by atoms with Gasteiger partial charge in [-0.2, -0.15) is 8.78 Å². The summed E-state index contributed by atoms with van der Waals surface area (Å²) < 4.78 is 34.6. The van der Waals surface area contributed by atoms with Gasteiger partial charge in [0.25, 0.3) is 5.91 Å². The Balaban J connectivity index is 1.67. The average molecular weight is 397 g/mol. The smallest absolute Gasteiger partial charge is 0.387 e. The first kappa shape index (κ1) is 20.3. The van der Waals surface area contributed by atoms with Crippen molar-refractivity contribution in [3.05, 3.63) is 83.9 Å². The van der Waals surface area contributed by atoms with Crippen molar-refractivity contribution in [1.82, 2.24) is 5.32 Å². The van der Waals surface area contributed by atoms with Crippen molar-refractivity contribution in [3.63, 3.8) is 0 Å². The van der Waals surface area contributed by atoms with E-state index in [0.29, 0.717) is 18.5 Å². The zero-order valence-corrected chi connectivity index (χ0v) is 15.9. The fraction of sp³-hybridized carbons (Fsp3) is 0.174. The minimum absolute atomic E-state index is 0.0271. The van der Waals surface area contributed by atoms with Crippen molar-refractivity contribution in [2.24, 2.45) is 0 Å². The van der Waals surface area contributed by atoms with Crippen LogP contribution in [0.3, 0.4) is 0 Å². The highest BCUT2D eigenvalue weighted by Crippen LogP contribution is 2.29. The van der Waals surface area contributed by atoms with E-state index in [9.17, 15) is 13.6 Å². The summed E-state index contributed by atoms with van der Waals surface area (Å²) in [5.41, 5.74) is 3.14. The second-order valence-electron chi connectivity index (χ2n) is 6.28. The lowest BCUT2D eigenvalue weighted by atomic mass is 9.99. The lowest BCUT2D eigenvalue weighted by Crippen LogP contribution is -2.26. The van der Waals surface area contributed by atoms with E-state index in [1.54, 1.807) is 18.2 Å². The molecule has 0 bridgehead atoms. The van der Waals surface area contributed by atoms with Crippen LogP contribution in [-0.2, 0) is 6.42 Å². The maximum absolute atomic E-state index is 12.7. The fourth-order valence-corrected chi connectivity index (χ4v) is 3.03. The van der Waals surface area contributed by atoms with Crippen LogP contribution in [0, 0.1) is 0 Å². The molecule has 6 heteroatoms. The number of methoxy groups -OCH3 is 1. The highest BCUT2D eigenvalue weighted by Gasteiger charge is 2.13. The Hall–Kier alpha value is -3.41. The Morgan fingerprint density at radius 1 is 0.966 bits per heavy atom. The summed E-state index contributed by atoms with van der Waals surface area (Å²) in [6, 6.07) is 21.9. The summed E-state index contributed by atoms with van der Waals surface area (Å²) >= 11 is 0. The van der Waals surface area contributed by atoms with Gasteiger partial charge in [-0.3, -0.25) is 4.79 Å². The van der Waals surface area contributed by atoms with Gasteiger partial charge in [0.2, 0.25) is 0 Å². The van der Waals surface area contributed by atoms with E-state index in [-0.39, 0.29) is 17.4 Å². The minimum Gasteiger partial charge on any atom is -0.493 e. The molecular weight excluding hydrogens is 376 g/mol. The first-order valence-corrected chi connectivity index (χ1v) is 9.13. The summed E-state index contributed by atoms with van der Waals surface area (Å²) in [5, 5.41) is 2.89. The number of carbonyl (C=O) groups is 1. The summed E-state index contributed by atoms with van der Waals surface area (Å²) in [6.07, 6.45) is 0.461. The SMILES string of the molecule is COc1ccc(CCNC(=O)c2ccccc2-c2ccccc2)cc1OC(F)F. The predicted octanol–water partition coefficient (Wildman–Crippen LogP) is 4.94. The molecule has 0 aliphatic rings. The van der Waals surface area contributed by atoms with Gasteiger partial charge < -0.3 is 14.8 Å². The van der Waals surface area contributed by atoms with Gasteiger partial charge >= 0.3 is 6.61 Å². The monoisotopic (exact) mass is 397 g/mol. The maximum Gasteiger partial charge on any atom is 0.387 e. The van der Waals surface area contributed by atoms with E-state index in [0.717, 1.165) is 16.7 Å². The molecule has 150 valence electrons. The number of ether oxygens (including phenoxy) is 2. The quantitative estimate of drug-likeness (QED) is 0.586. The van der Waals surface area contributed by atoms with Crippen LogP contribution >= 0.6 is 0 Å². The van der Waals surface area contributed by atoms with E-state index in [2.05, 4.69) is 10.1 Å². The Labute approximate surface area is 168 Å². The van der Waals surface area contributed by atoms with Gasteiger partial charge in [0, 0.05) is 12.1 Å². The third-order valence-electron chi connectivity index (χ3n) is 4.40. The Kier molecular flexibility index (Phi) is 6.79. The van der Waals surface area contributed by atoms with Crippen molar-refractivity contribution in [2.75, 3.05) is 13.7 Å². The number of benzene rings is 3. The van der Waals surface area contributed by atoms with E-state index in [4.69, 9.17) is 4.74 Å². The van der Waals surface area contributed by atoms with E-state index in [1.807, 2.05) is 48.5 Å². The lowest BCUT2D eigenvalue weighted by Gasteiger charge is -2.13. The average Bonchev–Trinajstić information content (AvgIpc) is 2.74. The summed E-state index contributed by atoms with van der Waals surface area (Å²) in [7, 11) is 1.39. The van der Waals surface area contributed by atoms with E-state index in [1.165, 1.54) is 13.2 Å². The van der Waals surface area contributed by atoms with Crippen LogP contribution in [0.2, 0.25) is 0 Å². The standard InChI is InChI=1S/C23H21F2NO3/c1-28-20-12-11-16(15-21(20)29-23(24)25)13-14-26-22(27)19-10-6-5-9-18(19)17-7-3-2-4-8-17/h2-12,15,23H,13-14H2,1H3,(H,26,27). The van der Waals surface area contributed by atoms with E-state index >= 15 is 0 Å². The molecule has 0 spiro atoms. The molecule has 1 N–H and O–H groups in total. The number of carbonyl (C=O) groups excluding carboxylic acids is 1. The minimum atomic E-state index is -2.94. The Morgan fingerprint density at radius 2 is 1.69 bits per heavy atom. The molecule has 3 aromatic carbocycles. The van der Waals surface area contributed by atoms with Crippen molar-refractivity contribution >= 4 is 5.91 Å². The molecule has 3 aromatic rings. The molecule has 4 nitrogen and oxygen atoms in total. The predicted molar refractivity (Wildman–Crippen MR) is 108 cm³/mol. The van der Waals surface area contributed by atoms with Crippen LogP contribution in [-0.4, -0.2) is 26.2 Å². The molecule has 1 amide bonds. The molecule has 0 fully saturated rings. The number of alkyl halides is 2. The molecule has 0 heterocycles. The van der Waals surface area contributed by atoms with Gasteiger partial charge in [0.15, 0.2) is 11.5 Å². The largest absolute Gasteiger partial charge is 0.493 e. The molecule has 0 unspecified atom stereocenters. The Bertz CT molecular complexity index is 961. The van der Waals surface area contributed by atoms with Gasteiger partial charge in [-0.15, -0.1) is 0 Å². The molecule has 29 heavy (non-hydrogen) atoms. The number of rotatable bonds is 8. The van der Waals surface area contributed by atoms with Crippen molar-refractivity contribution in [2.45, 2.75) is 13.0 Å². The number of nitrogens with one attached hydrogen (secondary N) is 1. The zero-order valence-electron chi connectivity index (χ0n) is 15.9. The van der Waals surface area contributed by atoms with Crippen molar-refractivity contribution in [3.8, 4) is 22.6 Å². The normalized spacial score (nSPS) is 10.6. The Morgan fingerprint density at radius 3 is 2.41 bits per heavy atom. The first-order chi connectivity index (χ1) is 14.1. The van der Waals surface area contributed by atoms with Crippen LogP contribution in [0.1, 0.15) is 15.9 Å². The van der Waals surface area contributed by atoms with Crippen LogP contribution in [0.4, 0.5) is 8.78 Å². The molecule has 0 aromatic heterocycles. The van der Waals surface area contributed by atoms with Gasteiger partial charge in [0.1, 0.15) is 0 Å². The number of hydrogen-bond acceptors (Lipinski definition) is 3. The fourth-order valence-electron chi connectivity index (χ4n) is 3.03. The number of amides is 1. The highest BCUT2D eigenvalue weighted by molar-refractivity contribution is 6.00. The van der Waals surface area contributed by atoms with Crippen molar-refractivity contribution < 1.29 is 23.0 Å². The molecule has 0 saturated carbocycles. The van der Waals surface area contributed by atoms with Crippen LogP contribution in [0.25, 0.3) is 11.1 Å². The number of halogens is 2. The van der Waals surface area contributed by atoms with Gasteiger partial charge in [0.05, 0.1) is 7.11 Å². The summed E-state index contributed by atoms with van der Waals surface area (Å²) in [5.74, 6) is 0.0117. The third kappa shape index (κ3) is 5.31. The first-order valence-electron chi connectivity index (χ1n) is 9.13. The molecule has 3 rings (SSSR count). The molecular formula is C23H21F2NO3. The van der Waals surface area contributed by atoms with Gasteiger partial charge in [-0.25, -0.2) is 0 Å². The maximum atomic E-state index is 12.7. The van der Waals surface area contributed by atoms with Crippen molar-refractivity contribution in [1.29, 1.82) is 0 Å². The molecule has 0 aliphatic heterocycles. The third-order valence-corrected chi connectivity index (χ3v) is 4.40.